The highest BCUT2D eigenvalue weighted by atomic mass is 16.2. The van der Waals surface area contributed by atoms with Crippen LogP contribution >= 0.6 is 0 Å². The van der Waals surface area contributed by atoms with Crippen molar-refractivity contribution in [3.05, 3.63) is 23.9 Å². The zero-order valence-corrected chi connectivity index (χ0v) is 14.1. The molecule has 0 bridgehead atoms. The number of imide groups is 1. The van der Waals surface area contributed by atoms with E-state index in [0.29, 0.717) is 23.8 Å². The van der Waals surface area contributed by atoms with Gasteiger partial charge in [-0.25, -0.2) is 9.78 Å². The molecule has 0 saturated carbocycles. The number of rotatable bonds is 7. The number of urea groups is 1. The Labute approximate surface area is 146 Å². The number of hydrogen-bond donors (Lipinski definition) is 2. The van der Waals surface area contributed by atoms with Gasteiger partial charge in [-0.3, -0.25) is 9.69 Å². The molecular formula is C17H22N6O2. The molecule has 25 heavy (non-hydrogen) atoms. The Morgan fingerprint density at radius 1 is 1.40 bits per heavy atom. The predicted octanol–water partition coefficient (Wildman–Crippen LogP) is 0.629. The first-order valence-corrected chi connectivity index (χ1v) is 8.57. The molecule has 0 aliphatic carbocycles. The van der Waals surface area contributed by atoms with Gasteiger partial charge in [-0.15, -0.1) is 0 Å². The molecule has 0 aromatic carbocycles. The van der Waals surface area contributed by atoms with Crippen LogP contribution in [-0.4, -0.2) is 66.0 Å². The lowest BCUT2D eigenvalue weighted by Gasteiger charge is -2.18. The second-order valence-corrected chi connectivity index (χ2v) is 6.41. The molecule has 1 atom stereocenters. The van der Waals surface area contributed by atoms with E-state index >= 15 is 0 Å². The number of pyridine rings is 1. The zero-order valence-electron chi connectivity index (χ0n) is 14.1. The Morgan fingerprint density at radius 3 is 3.04 bits per heavy atom. The number of anilines is 1. The van der Waals surface area contributed by atoms with E-state index in [1.807, 2.05) is 0 Å². The molecule has 2 aliphatic heterocycles. The van der Waals surface area contributed by atoms with E-state index in [1.165, 1.54) is 4.90 Å². The first kappa shape index (κ1) is 17.2. The molecule has 1 unspecified atom stereocenters. The number of hydrogen-bond acceptors (Lipinski definition) is 6. The Morgan fingerprint density at radius 2 is 2.28 bits per heavy atom. The lowest BCUT2D eigenvalue weighted by atomic mass is 10.1. The first-order chi connectivity index (χ1) is 12.2. The predicted molar refractivity (Wildman–Crippen MR) is 91.7 cm³/mol. The van der Waals surface area contributed by atoms with Crippen molar-refractivity contribution >= 4 is 17.8 Å². The minimum atomic E-state index is -0.280. The molecule has 8 heteroatoms. The molecule has 0 spiro atoms. The first-order valence-electron chi connectivity index (χ1n) is 8.57. The van der Waals surface area contributed by atoms with Gasteiger partial charge in [0.1, 0.15) is 11.9 Å². The number of nitrogens with zero attached hydrogens (tertiary/aromatic N) is 4. The summed E-state index contributed by atoms with van der Waals surface area (Å²) in [6.07, 6.45) is 3.56. The summed E-state index contributed by atoms with van der Waals surface area (Å²) in [6.45, 7) is 4.25. The molecule has 3 heterocycles. The molecule has 2 N–H and O–H groups in total. The summed E-state index contributed by atoms with van der Waals surface area (Å²) in [5.74, 6) is 1.00. The third-order valence-electron chi connectivity index (χ3n) is 4.65. The fourth-order valence-electron chi connectivity index (χ4n) is 3.29. The van der Waals surface area contributed by atoms with Gasteiger partial charge in [0, 0.05) is 25.8 Å². The monoisotopic (exact) mass is 342 g/mol. The molecule has 2 fully saturated rings. The number of nitriles is 1. The third kappa shape index (κ3) is 4.25. The zero-order chi connectivity index (χ0) is 17.6. The highest BCUT2D eigenvalue weighted by Gasteiger charge is 2.28. The van der Waals surface area contributed by atoms with Crippen molar-refractivity contribution in [2.75, 3.05) is 44.6 Å². The topological polar surface area (TPSA) is 101 Å². The molecule has 8 nitrogen and oxygen atoms in total. The largest absolute Gasteiger partial charge is 0.369 e. The second-order valence-electron chi connectivity index (χ2n) is 6.41. The number of likely N-dealkylation sites (tertiary alicyclic amines) is 1. The van der Waals surface area contributed by atoms with Gasteiger partial charge in [0.2, 0.25) is 5.91 Å². The summed E-state index contributed by atoms with van der Waals surface area (Å²) < 4.78 is 0. The highest BCUT2D eigenvalue weighted by Crippen LogP contribution is 2.18. The maximum Gasteiger partial charge on any atom is 0.324 e. The van der Waals surface area contributed by atoms with Crippen molar-refractivity contribution in [1.29, 1.82) is 5.26 Å². The lowest BCUT2D eigenvalue weighted by Crippen LogP contribution is -2.34. The molecule has 2 saturated heterocycles. The van der Waals surface area contributed by atoms with Crippen molar-refractivity contribution in [3.63, 3.8) is 0 Å². The highest BCUT2D eigenvalue weighted by molar-refractivity contribution is 6.01. The molecule has 1 aromatic heterocycles. The number of amides is 3. The second kappa shape index (κ2) is 7.94. The lowest BCUT2D eigenvalue weighted by molar-refractivity contribution is -0.125. The Hall–Kier alpha value is -2.66. The van der Waals surface area contributed by atoms with Crippen LogP contribution in [-0.2, 0) is 4.79 Å². The van der Waals surface area contributed by atoms with Gasteiger partial charge in [0.15, 0.2) is 0 Å². The van der Waals surface area contributed by atoms with E-state index in [9.17, 15) is 9.59 Å². The van der Waals surface area contributed by atoms with Gasteiger partial charge in [-0.1, -0.05) is 0 Å². The van der Waals surface area contributed by atoms with E-state index < -0.39 is 0 Å². The van der Waals surface area contributed by atoms with Crippen molar-refractivity contribution in [2.45, 2.75) is 12.8 Å². The summed E-state index contributed by atoms with van der Waals surface area (Å²) in [7, 11) is 0. The fourth-order valence-corrected chi connectivity index (χ4v) is 3.29. The molecule has 3 rings (SSSR count). The minimum Gasteiger partial charge on any atom is -0.369 e. The standard InChI is InChI=1S/C17H22N6O2/c18-9-14-3-1-5-19-16(14)20-10-13-4-8-22(12-13)6-2-7-23-15(24)11-21-17(23)25/h1,3,5,13H,2,4,6-8,10-12H2,(H,19,20)(H,21,25). The van der Waals surface area contributed by atoms with E-state index in [2.05, 4.69) is 26.6 Å². The van der Waals surface area contributed by atoms with Crippen LogP contribution in [0.1, 0.15) is 18.4 Å². The summed E-state index contributed by atoms with van der Waals surface area (Å²) in [6, 6.07) is 5.37. The number of carbonyl (C=O) groups is 2. The van der Waals surface area contributed by atoms with Crippen LogP contribution in [0.3, 0.4) is 0 Å². The molecule has 1 aromatic rings. The molecular weight excluding hydrogens is 320 g/mol. The minimum absolute atomic E-state index is 0.120. The molecule has 3 amide bonds. The van der Waals surface area contributed by atoms with E-state index in [1.54, 1.807) is 18.3 Å². The number of aromatic nitrogens is 1. The Bertz CT molecular complexity index is 670. The SMILES string of the molecule is N#Cc1cccnc1NCC1CCN(CCCN2C(=O)CNC2=O)C1. The third-order valence-corrected chi connectivity index (χ3v) is 4.65. The van der Waals surface area contributed by atoms with Gasteiger partial charge < -0.3 is 15.5 Å². The van der Waals surface area contributed by atoms with Crippen LogP contribution in [0, 0.1) is 17.2 Å². The van der Waals surface area contributed by atoms with Gasteiger partial charge in [-0.05, 0) is 44.0 Å². The van der Waals surface area contributed by atoms with E-state index in [-0.39, 0.29) is 18.5 Å². The van der Waals surface area contributed by atoms with Gasteiger partial charge in [-0.2, -0.15) is 5.26 Å². The maximum absolute atomic E-state index is 11.5. The number of nitrogens with one attached hydrogen (secondary N) is 2. The quantitative estimate of drug-likeness (QED) is 0.705. The van der Waals surface area contributed by atoms with Crippen LogP contribution in [0.15, 0.2) is 18.3 Å². The average molecular weight is 342 g/mol. The Kier molecular flexibility index (Phi) is 5.46. The molecule has 2 aliphatic rings. The van der Waals surface area contributed by atoms with Gasteiger partial charge in [0.05, 0.1) is 12.1 Å². The van der Waals surface area contributed by atoms with Crippen molar-refractivity contribution in [3.8, 4) is 6.07 Å². The van der Waals surface area contributed by atoms with Crippen LogP contribution in [0.4, 0.5) is 10.6 Å². The molecule has 132 valence electrons. The van der Waals surface area contributed by atoms with Crippen LogP contribution in [0.25, 0.3) is 0 Å². The Balaban J connectivity index is 1.38. The van der Waals surface area contributed by atoms with Crippen molar-refractivity contribution in [2.24, 2.45) is 5.92 Å². The number of carbonyl (C=O) groups excluding carboxylic acids is 2. The van der Waals surface area contributed by atoms with Crippen molar-refractivity contribution in [1.82, 2.24) is 20.1 Å². The normalized spacial score (nSPS) is 20.6. The van der Waals surface area contributed by atoms with Crippen LogP contribution < -0.4 is 10.6 Å². The van der Waals surface area contributed by atoms with E-state index in [0.717, 1.165) is 39.0 Å². The van der Waals surface area contributed by atoms with Gasteiger partial charge >= 0.3 is 6.03 Å². The average Bonchev–Trinajstić information content (AvgIpc) is 3.21. The summed E-state index contributed by atoms with van der Waals surface area (Å²) in [5.41, 5.74) is 0.561. The summed E-state index contributed by atoms with van der Waals surface area (Å²) in [4.78, 5) is 30.9. The summed E-state index contributed by atoms with van der Waals surface area (Å²) >= 11 is 0. The van der Waals surface area contributed by atoms with Gasteiger partial charge in [0.25, 0.3) is 0 Å². The molecule has 0 radical (unpaired) electrons. The van der Waals surface area contributed by atoms with Crippen LogP contribution in [0.2, 0.25) is 0 Å². The van der Waals surface area contributed by atoms with E-state index in [4.69, 9.17) is 5.26 Å². The smallest absolute Gasteiger partial charge is 0.324 e. The van der Waals surface area contributed by atoms with Crippen LogP contribution in [0.5, 0.6) is 0 Å². The fraction of sp³-hybridized carbons (Fsp3) is 0.529. The maximum atomic E-state index is 11.5. The van der Waals surface area contributed by atoms with Crippen molar-refractivity contribution < 1.29 is 9.59 Å². The summed E-state index contributed by atoms with van der Waals surface area (Å²) in [5, 5.41) is 14.9.